The summed E-state index contributed by atoms with van der Waals surface area (Å²) >= 11 is 9.03. The van der Waals surface area contributed by atoms with Crippen molar-refractivity contribution in [1.82, 2.24) is 9.97 Å². The predicted octanol–water partition coefficient (Wildman–Crippen LogP) is 3.33. The van der Waals surface area contributed by atoms with Gasteiger partial charge >= 0.3 is 0 Å². The molecule has 2 N–H and O–H groups in total. The first kappa shape index (κ1) is 14.7. The molecule has 0 aliphatic heterocycles. The average molecular weight is 360 g/mol. The maximum atomic E-state index is 13.1. The first-order chi connectivity index (χ1) is 9.51. The number of benzene rings is 1. The van der Waals surface area contributed by atoms with Crippen LogP contribution in [-0.2, 0) is 0 Å². The van der Waals surface area contributed by atoms with E-state index in [1.807, 2.05) is 0 Å². The molecule has 104 valence electrons. The van der Waals surface area contributed by atoms with Crippen LogP contribution in [0, 0.1) is 5.82 Å². The van der Waals surface area contributed by atoms with Crippen molar-refractivity contribution >= 4 is 44.9 Å². The number of carbonyl (C=O) groups excluding carboxylic acids is 1. The lowest BCUT2D eigenvalue weighted by atomic mass is 10.3. The first-order valence-corrected chi connectivity index (χ1v) is 6.64. The van der Waals surface area contributed by atoms with E-state index in [4.69, 9.17) is 11.6 Å². The molecule has 20 heavy (non-hydrogen) atoms. The van der Waals surface area contributed by atoms with Gasteiger partial charge < -0.3 is 10.6 Å². The Morgan fingerprint density at radius 3 is 2.80 bits per heavy atom. The van der Waals surface area contributed by atoms with Gasteiger partial charge in [0.15, 0.2) is 0 Å². The van der Waals surface area contributed by atoms with Gasteiger partial charge in [0, 0.05) is 11.5 Å². The van der Waals surface area contributed by atoms with Gasteiger partial charge in [-0.1, -0.05) is 11.6 Å². The lowest BCUT2D eigenvalue weighted by Crippen LogP contribution is -2.15. The van der Waals surface area contributed by atoms with Crippen molar-refractivity contribution in [1.29, 1.82) is 0 Å². The molecule has 1 aromatic heterocycles. The zero-order chi connectivity index (χ0) is 14.7. The summed E-state index contributed by atoms with van der Waals surface area (Å²) in [4.78, 5) is 20.0. The van der Waals surface area contributed by atoms with Crippen LogP contribution >= 0.6 is 27.5 Å². The van der Waals surface area contributed by atoms with E-state index in [0.29, 0.717) is 10.3 Å². The van der Waals surface area contributed by atoms with Gasteiger partial charge in [0.2, 0.25) is 0 Å². The molecule has 1 heterocycles. The van der Waals surface area contributed by atoms with Gasteiger partial charge in [-0.15, -0.1) is 0 Å². The Balaban J connectivity index is 2.28. The highest BCUT2D eigenvalue weighted by Crippen LogP contribution is 2.31. The van der Waals surface area contributed by atoms with Gasteiger partial charge in [0.1, 0.15) is 17.3 Å². The second kappa shape index (κ2) is 6.15. The Kier molecular flexibility index (Phi) is 4.51. The van der Waals surface area contributed by atoms with E-state index in [2.05, 4.69) is 36.5 Å². The Labute approximate surface area is 127 Å². The van der Waals surface area contributed by atoms with Crippen molar-refractivity contribution in [3.05, 3.63) is 45.5 Å². The minimum atomic E-state index is -0.503. The fourth-order valence-electron chi connectivity index (χ4n) is 1.44. The second-order valence-corrected chi connectivity index (χ2v) is 5.00. The number of nitrogens with one attached hydrogen (secondary N) is 2. The second-order valence-electron chi connectivity index (χ2n) is 3.74. The van der Waals surface area contributed by atoms with Gasteiger partial charge in [0.05, 0.1) is 23.1 Å². The summed E-state index contributed by atoms with van der Waals surface area (Å²) in [6.45, 7) is 0. The minimum Gasteiger partial charge on any atom is -0.372 e. The third-order valence-electron chi connectivity index (χ3n) is 2.37. The average Bonchev–Trinajstić information content (AvgIpc) is 2.42. The third kappa shape index (κ3) is 3.23. The number of anilines is 2. The molecule has 0 aliphatic rings. The fourth-order valence-corrected chi connectivity index (χ4v) is 2.33. The van der Waals surface area contributed by atoms with E-state index in [0.717, 1.165) is 6.07 Å². The van der Waals surface area contributed by atoms with Gasteiger partial charge in [0.25, 0.3) is 5.91 Å². The maximum Gasteiger partial charge on any atom is 0.276 e. The summed E-state index contributed by atoms with van der Waals surface area (Å²) in [6, 6.07) is 2.31. The molecule has 0 bridgehead atoms. The van der Waals surface area contributed by atoms with Gasteiger partial charge in [-0.2, -0.15) is 0 Å². The quantitative estimate of drug-likeness (QED) is 0.882. The first-order valence-electron chi connectivity index (χ1n) is 5.47. The fraction of sp³-hybridized carbons (Fsp3) is 0.0833. The zero-order valence-electron chi connectivity index (χ0n) is 10.2. The summed E-state index contributed by atoms with van der Waals surface area (Å²) in [6.07, 6.45) is 2.80. The van der Waals surface area contributed by atoms with E-state index in [1.165, 1.54) is 18.5 Å². The van der Waals surface area contributed by atoms with E-state index in [-0.39, 0.29) is 16.4 Å². The van der Waals surface area contributed by atoms with Crippen LogP contribution in [0.25, 0.3) is 0 Å². The zero-order valence-corrected chi connectivity index (χ0v) is 12.6. The Morgan fingerprint density at radius 2 is 2.15 bits per heavy atom. The van der Waals surface area contributed by atoms with Crippen LogP contribution in [0.3, 0.4) is 0 Å². The highest BCUT2D eigenvalue weighted by atomic mass is 79.9. The van der Waals surface area contributed by atoms with Crippen LogP contribution in [0.15, 0.2) is 29.0 Å². The maximum absolute atomic E-state index is 13.1. The Bertz CT molecular complexity index is 645. The summed E-state index contributed by atoms with van der Waals surface area (Å²) in [5.74, 6) is -0.539. The number of nitrogens with zero attached hydrogens (tertiary/aromatic N) is 2. The number of halogens is 3. The highest BCUT2D eigenvalue weighted by Gasteiger charge is 2.14. The van der Waals surface area contributed by atoms with Crippen molar-refractivity contribution in [2.45, 2.75) is 0 Å². The molecular weight excluding hydrogens is 351 g/mol. The molecule has 0 atom stereocenters. The number of hydrogen-bond acceptors (Lipinski definition) is 4. The molecule has 0 saturated heterocycles. The van der Waals surface area contributed by atoms with E-state index in [9.17, 15) is 9.18 Å². The number of rotatable bonds is 3. The highest BCUT2D eigenvalue weighted by molar-refractivity contribution is 9.10. The van der Waals surface area contributed by atoms with Crippen LogP contribution in [0.5, 0.6) is 0 Å². The van der Waals surface area contributed by atoms with Crippen LogP contribution in [0.4, 0.5) is 15.9 Å². The number of aromatic nitrogens is 2. The molecule has 0 spiro atoms. The molecular formula is C12H9BrClFN4O. The van der Waals surface area contributed by atoms with Crippen LogP contribution in [0.1, 0.15) is 10.5 Å². The van der Waals surface area contributed by atoms with E-state index in [1.54, 1.807) is 7.05 Å². The van der Waals surface area contributed by atoms with E-state index >= 15 is 0 Å². The molecule has 2 aromatic rings. The van der Waals surface area contributed by atoms with Gasteiger partial charge in [-0.05, 0) is 28.1 Å². The standard InChI is InChI=1S/C12H9BrClFN4O/c1-16-10-5-17-4-9(18-10)12(20)19-11-7(13)2-6(15)3-8(11)14/h2-5H,1H3,(H,16,18)(H,19,20). The lowest BCUT2D eigenvalue weighted by molar-refractivity contribution is 0.102. The summed E-state index contributed by atoms with van der Waals surface area (Å²) in [5.41, 5.74) is 0.388. The van der Waals surface area contributed by atoms with Crippen LogP contribution in [-0.4, -0.2) is 22.9 Å². The molecule has 8 heteroatoms. The van der Waals surface area contributed by atoms with Crippen molar-refractivity contribution in [3.63, 3.8) is 0 Å². The molecule has 2 rings (SSSR count). The minimum absolute atomic E-state index is 0.0861. The molecule has 1 aromatic carbocycles. The normalized spacial score (nSPS) is 10.2. The number of amides is 1. The van der Waals surface area contributed by atoms with Crippen molar-refractivity contribution in [2.24, 2.45) is 0 Å². The van der Waals surface area contributed by atoms with E-state index < -0.39 is 11.7 Å². The molecule has 1 amide bonds. The molecule has 0 unspecified atom stereocenters. The van der Waals surface area contributed by atoms with Crippen LogP contribution < -0.4 is 10.6 Å². The summed E-state index contributed by atoms with van der Waals surface area (Å²) in [7, 11) is 1.67. The topological polar surface area (TPSA) is 66.9 Å². The molecule has 0 radical (unpaired) electrons. The Hall–Kier alpha value is -1.73. The van der Waals surface area contributed by atoms with Crippen LogP contribution in [0.2, 0.25) is 5.02 Å². The van der Waals surface area contributed by atoms with Gasteiger partial charge in [-0.25, -0.2) is 9.37 Å². The summed E-state index contributed by atoms with van der Waals surface area (Å²) < 4.78 is 13.5. The molecule has 0 aliphatic carbocycles. The smallest absolute Gasteiger partial charge is 0.276 e. The van der Waals surface area contributed by atoms with Gasteiger partial charge in [-0.3, -0.25) is 9.78 Å². The molecule has 5 nitrogen and oxygen atoms in total. The monoisotopic (exact) mass is 358 g/mol. The lowest BCUT2D eigenvalue weighted by Gasteiger charge is -2.09. The number of hydrogen-bond donors (Lipinski definition) is 2. The van der Waals surface area contributed by atoms with Crippen molar-refractivity contribution in [3.8, 4) is 0 Å². The Morgan fingerprint density at radius 1 is 1.40 bits per heavy atom. The third-order valence-corrected chi connectivity index (χ3v) is 3.29. The van der Waals surface area contributed by atoms with Crippen molar-refractivity contribution < 1.29 is 9.18 Å². The predicted molar refractivity (Wildman–Crippen MR) is 78.6 cm³/mol. The molecule has 0 fully saturated rings. The summed E-state index contributed by atoms with van der Waals surface area (Å²) in [5, 5.41) is 5.42. The number of carbonyl (C=O) groups is 1. The largest absolute Gasteiger partial charge is 0.372 e. The SMILES string of the molecule is CNc1cncc(C(=O)Nc2c(Cl)cc(F)cc2Br)n1. The molecule has 0 saturated carbocycles. The van der Waals surface area contributed by atoms with Crippen molar-refractivity contribution in [2.75, 3.05) is 17.7 Å².